The summed E-state index contributed by atoms with van der Waals surface area (Å²) >= 11 is 0. The number of anilines is 1. The molecule has 1 N–H and O–H groups in total. The largest absolute Gasteiger partial charge is 0.497 e. The van der Waals surface area contributed by atoms with Crippen molar-refractivity contribution in [1.29, 1.82) is 0 Å². The van der Waals surface area contributed by atoms with E-state index in [1.807, 2.05) is 0 Å². The van der Waals surface area contributed by atoms with E-state index in [0.717, 1.165) is 0 Å². The maximum Gasteiger partial charge on any atom is 0.347 e. The molecule has 2 aromatic carbocycles. The maximum atomic E-state index is 12.1. The average Bonchev–Trinajstić information content (AvgIpc) is 2.73. The van der Waals surface area contributed by atoms with Crippen molar-refractivity contribution in [2.24, 2.45) is 0 Å². The van der Waals surface area contributed by atoms with E-state index >= 15 is 0 Å². The normalized spacial score (nSPS) is 11.2. The Balaban J connectivity index is 1.90. The van der Waals surface area contributed by atoms with E-state index < -0.39 is 29.5 Å². The van der Waals surface area contributed by atoms with Crippen molar-refractivity contribution in [2.75, 3.05) is 25.6 Å². The zero-order valence-electron chi connectivity index (χ0n) is 16.7. The lowest BCUT2D eigenvalue weighted by Gasteiger charge is -2.14. The summed E-state index contributed by atoms with van der Waals surface area (Å²) < 4.78 is 20.6. The summed E-state index contributed by atoms with van der Waals surface area (Å²) in [6.45, 7) is 2.94. The van der Waals surface area contributed by atoms with E-state index in [9.17, 15) is 19.7 Å². The molecule has 0 spiro atoms. The average molecular weight is 418 g/mol. The van der Waals surface area contributed by atoms with Gasteiger partial charge in [0.05, 0.1) is 24.7 Å². The number of esters is 1. The van der Waals surface area contributed by atoms with Crippen LogP contribution in [-0.2, 0) is 14.3 Å². The van der Waals surface area contributed by atoms with Crippen molar-refractivity contribution >= 4 is 23.3 Å². The fourth-order valence-electron chi connectivity index (χ4n) is 2.37. The molecule has 30 heavy (non-hydrogen) atoms. The van der Waals surface area contributed by atoms with Crippen molar-refractivity contribution in [3.8, 4) is 17.2 Å². The molecule has 0 bridgehead atoms. The quantitative estimate of drug-likeness (QED) is 0.354. The molecule has 0 fully saturated rings. The van der Waals surface area contributed by atoms with Gasteiger partial charge in [-0.25, -0.2) is 4.79 Å². The van der Waals surface area contributed by atoms with Crippen LogP contribution in [0.4, 0.5) is 11.4 Å². The zero-order chi connectivity index (χ0) is 22.1. The van der Waals surface area contributed by atoms with Gasteiger partial charge in [-0.05, 0) is 50.2 Å². The van der Waals surface area contributed by atoms with E-state index in [1.54, 1.807) is 31.2 Å². The van der Waals surface area contributed by atoms with E-state index in [1.165, 1.54) is 32.2 Å². The molecule has 2 rings (SSSR count). The van der Waals surface area contributed by atoms with Gasteiger partial charge in [-0.15, -0.1) is 0 Å². The van der Waals surface area contributed by atoms with Crippen molar-refractivity contribution in [1.82, 2.24) is 0 Å². The number of hydrogen-bond donors (Lipinski definition) is 1. The Hall–Kier alpha value is -3.82. The van der Waals surface area contributed by atoms with E-state index in [4.69, 9.17) is 18.9 Å². The molecule has 0 saturated heterocycles. The van der Waals surface area contributed by atoms with Crippen LogP contribution in [0.2, 0.25) is 0 Å². The fourth-order valence-corrected chi connectivity index (χ4v) is 2.37. The molecule has 0 aliphatic heterocycles. The Morgan fingerprint density at radius 3 is 2.33 bits per heavy atom. The highest BCUT2D eigenvalue weighted by Crippen LogP contribution is 2.29. The third-order valence-corrected chi connectivity index (χ3v) is 3.80. The lowest BCUT2D eigenvalue weighted by atomic mass is 10.2. The van der Waals surface area contributed by atoms with Gasteiger partial charge in [0.15, 0.2) is 12.7 Å². The second-order valence-electron chi connectivity index (χ2n) is 5.96. The van der Waals surface area contributed by atoms with Crippen LogP contribution in [-0.4, -0.2) is 43.2 Å². The number of nitro benzene ring substituents is 1. The van der Waals surface area contributed by atoms with Crippen LogP contribution in [0.3, 0.4) is 0 Å². The van der Waals surface area contributed by atoms with Crippen LogP contribution in [0.5, 0.6) is 17.2 Å². The Morgan fingerprint density at radius 1 is 1.10 bits per heavy atom. The van der Waals surface area contributed by atoms with E-state index in [2.05, 4.69) is 5.32 Å². The van der Waals surface area contributed by atoms with Crippen LogP contribution in [0, 0.1) is 10.1 Å². The Labute approximate surface area is 172 Å². The molecule has 2 aromatic rings. The van der Waals surface area contributed by atoms with E-state index in [0.29, 0.717) is 23.9 Å². The first-order chi connectivity index (χ1) is 14.3. The zero-order valence-corrected chi connectivity index (χ0v) is 16.7. The highest BCUT2D eigenvalue weighted by molar-refractivity contribution is 5.95. The van der Waals surface area contributed by atoms with Gasteiger partial charge < -0.3 is 24.3 Å². The third-order valence-electron chi connectivity index (χ3n) is 3.80. The molecule has 10 nitrogen and oxygen atoms in total. The number of nitro groups is 1. The molecule has 1 atom stereocenters. The van der Waals surface area contributed by atoms with Gasteiger partial charge in [0.25, 0.3) is 11.6 Å². The number of nitrogens with zero attached hydrogens (tertiary/aromatic N) is 1. The molecule has 1 unspecified atom stereocenters. The minimum absolute atomic E-state index is 0.0352. The van der Waals surface area contributed by atoms with Crippen LogP contribution in [0.25, 0.3) is 0 Å². The molecule has 0 aliphatic carbocycles. The van der Waals surface area contributed by atoms with Gasteiger partial charge >= 0.3 is 5.97 Å². The molecule has 0 radical (unpaired) electrons. The summed E-state index contributed by atoms with van der Waals surface area (Å²) in [4.78, 5) is 34.7. The first-order valence-corrected chi connectivity index (χ1v) is 9.02. The van der Waals surface area contributed by atoms with Gasteiger partial charge in [0, 0.05) is 0 Å². The minimum Gasteiger partial charge on any atom is -0.497 e. The first-order valence-electron chi connectivity index (χ1n) is 9.02. The smallest absolute Gasteiger partial charge is 0.347 e. The van der Waals surface area contributed by atoms with Crippen molar-refractivity contribution in [3.05, 3.63) is 52.6 Å². The predicted octanol–water partition coefficient (Wildman–Crippen LogP) is 2.95. The molecule has 0 heterocycles. The fraction of sp³-hybridized carbons (Fsp3) is 0.300. The second kappa shape index (κ2) is 10.6. The first kappa shape index (κ1) is 22.5. The van der Waals surface area contributed by atoms with E-state index in [-0.39, 0.29) is 11.4 Å². The number of hydrogen-bond acceptors (Lipinski definition) is 8. The Kier molecular flexibility index (Phi) is 7.98. The summed E-state index contributed by atoms with van der Waals surface area (Å²) in [5.41, 5.74) is -0.371. The van der Waals surface area contributed by atoms with Gasteiger partial charge in [-0.3, -0.25) is 14.9 Å². The number of nitrogens with one attached hydrogen (secondary N) is 1. The standard InChI is InChI=1S/C20H22N2O8/c1-4-28-16-9-10-17(18(11-16)22(25)26)21-19(23)12-29-20(24)13(2)30-15-7-5-14(27-3)6-8-15/h5-11,13H,4,12H2,1-3H3,(H,21,23). The number of carbonyl (C=O) groups excluding carboxylic acids is 2. The molecular formula is C20H22N2O8. The van der Waals surface area contributed by atoms with Crippen molar-refractivity contribution in [2.45, 2.75) is 20.0 Å². The van der Waals surface area contributed by atoms with Crippen LogP contribution >= 0.6 is 0 Å². The molecule has 10 heteroatoms. The van der Waals surface area contributed by atoms with Crippen LogP contribution < -0.4 is 19.5 Å². The van der Waals surface area contributed by atoms with Crippen molar-refractivity contribution in [3.63, 3.8) is 0 Å². The Bertz CT molecular complexity index is 898. The van der Waals surface area contributed by atoms with Gasteiger partial charge in [-0.2, -0.15) is 0 Å². The van der Waals surface area contributed by atoms with Gasteiger partial charge in [0.2, 0.25) is 0 Å². The molecule has 1 amide bonds. The SMILES string of the molecule is CCOc1ccc(NC(=O)COC(=O)C(C)Oc2ccc(OC)cc2)c([N+](=O)[O-])c1. The van der Waals surface area contributed by atoms with Crippen molar-refractivity contribution < 1.29 is 33.5 Å². The molecule has 160 valence electrons. The molecular weight excluding hydrogens is 396 g/mol. The number of rotatable bonds is 10. The maximum absolute atomic E-state index is 12.1. The number of ether oxygens (including phenoxy) is 4. The summed E-state index contributed by atoms with van der Waals surface area (Å²) in [6, 6.07) is 10.6. The number of amides is 1. The summed E-state index contributed by atoms with van der Waals surface area (Å²) in [5.74, 6) is -0.125. The van der Waals surface area contributed by atoms with Crippen LogP contribution in [0.1, 0.15) is 13.8 Å². The molecule has 0 aliphatic rings. The summed E-state index contributed by atoms with van der Waals surface area (Å²) in [5, 5.41) is 13.6. The predicted molar refractivity (Wildman–Crippen MR) is 107 cm³/mol. The van der Waals surface area contributed by atoms with Gasteiger partial charge in [0.1, 0.15) is 22.9 Å². The molecule has 0 saturated carbocycles. The van der Waals surface area contributed by atoms with Crippen LogP contribution in [0.15, 0.2) is 42.5 Å². The summed E-state index contributed by atoms with van der Waals surface area (Å²) in [6.07, 6.45) is -0.967. The number of benzene rings is 2. The summed E-state index contributed by atoms with van der Waals surface area (Å²) in [7, 11) is 1.53. The van der Waals surface area contributed by atoms with Gasteiger partial charge in [-0.1, -0.05) is 0 Å². The lowest BCUT2D eigenvalue weighted by molar-refractivity contribution is -0.384. The highest BCUT2D eigenvalue weighted by atomic mass is 16.6. The monoisotopic (exact) mass is 418 g/mol. The lowest BCUT2D eigenvalue weighted by Crippen LogP contribution is -2.29. The number of carbonyl (C=O) groups is 2. The minimum atomic E-state index is -0.967. The highest BCUT2D eigenvalue weighted by Gasteiger charge is 2.20. The topological polar surface area (TPSA) is 126 Å². The Morgan fingerprint density at radius 2 is 1.73 bits per heavy atom. The molecule has 0 aromatic heterocycles. The number of methoxy groups -OCH3 is 1. The second-order valence-corrected chi connectivity index (χ2v) is 5.96. The third kappa shape index (κ3) is 6.36.